The van der Waals surface area contributed by atoms with Crippen molar-refractivity contribution >= 4 is 0 Å². The summed E-state index contributed by atoms with van der Waals surface area (Å²) >= 11 is 0. The van der Waals surface area contributed by atoms with Crippen LogP contribution in [0.3, 0.4) is 0 Å². The van der Waals surface area contributed by atoms with Crippen molar-refractivity contribution in [3.8, 4) is 17.0 Å². The molecule has 1 heterocycles. The molecule has 2 rings (SSSR count). The fraction of sp³-hybridized carbons (Fsp3) is 0.312. The number of hydrogen-bond acceptors (Lipinski definition) is 3. The molecule has 0 saturated heterocycles. The minimum atomic E-state index is -0.244. The second-order valence-corrected chi connectivity index (χ2v) is 4.94. The summed E-state index contributed by atoms with van der Waals surface area (Å²) in [6.07, 6.45) is 1.62. The van der Waals surface area contributed by atoms with Crippen molar-refractivity contribution in [3.63, 3.8) is 0 Å². The van der Waals surface area contributed by atoms with E-state index in [9.17, 15) is 4.39 Å². The molecule has 0 aliphatic heterocycles. The number of aromatic nitrogens is 1. The summed E-state index contributed by atoms with van der Waals surface area (Å²) in [5.74, 6) is 0.235. The smallest absolute Gasteiger partial charge is 0.213 e. The molecular formula is C16H19FN2O. The van der Waals surface area contributed by atoms with Crippen LogP contribution in [0.4, 0.5) is 4.39 Å². The summed E-state index contributed by atoms with van der Waals surface area (Å²) in [5.41, 5.74) is 2.38. The lowest BCUT2D eigenvalue weighted by molar-refractivity contribution is 0.398. The summed E-state index contributed by atoms with van der Waals surface area (Å²) < 4.78 is 19.1. The third kappa shape index (κ3) is 3.54. The van der Waals surface area contributed by atoms with Gasteiger partial charge >= 0.3 is 0 Å². The second kappa shape index (κ2) is 6.48. The van der Waals surface area contributed by atoms with E-state index in [1.807, 2.05) is 6.07 Å². The second-order valence-electron chi connectivity index (χ2n) is 4.94. The normalized spacial score (nSPS) is 10.8. The Kier molecular flexibility index (Phi) is 4.69. The van der Waals surface area contributed by atoms with Crippen LogP contribution in [-0.4, -0.2) is 18.1 Å². The molecule has 0 fully saturated rings. The van der Waals surface area contributed by atoms with Gasteiger partial charge in [0.25, 0.3) is 0 Å². The van der Waals surface area contributed by atoms with E-state index in [4.69, 9.17) is 4.74 Å². The summed E-state index contributed by atoms with van der Waals surface area (Å²) in [4.78, 5) is 4.04. The molecule has 4 heteroatoms. The lowest BCUT2D eigenvalue weighted by atomic mass is 10.0. The Bertz CT molecular complexity index is 584. The molecule has 2 aromatic rings. The lowest BCUT2D eigenvalue weighted by Gasteiger charge is -2.11. The van der Waals surface area contributed by atoms with Gasteiger partial charge in [0.2, 0.25) is 5.88 Å². The molecule has 0 aliphatic rings. The van der Waals surface area contributed by atoms with E-state index in [2.05, 4.69) is 24.1 Å². The van der Waals surface area contributed by atoms with Crippen molar-refractivity contribution < 1.29 is 9.13 Å². The Morgan fingerprint density at radius 1 is 1.25 bits per heavy atom. The van der Waals surface area contributed by atoms with Crippen LogP contribution in [0, 0.1) is 5.82 Å². The van der Waals surface area contributed by atoms with Gasteiger partial charge in [-0.05, 0) is 29.3 Å². The van der Waals surface area contributed by atoms with E-state index in [0.29, 0.717) is 24.0 Å². The first-order valence-electron chi connectivity index (χ1n) is 6.62. The van der Waals surface area contributed by atoms with Gasteiger partial charge in [-0.25, -0.2) is 9.37 Å². The van der Waals surface area contributed by atoms with Crippen LogP contribution in [0.5, 0.6) is 5.88 Å². The standard InChI is InChI=1S/C16H19FN2O/c1-11(2)19-10-12-4-5-15(17)14(8-12)13-6-7-18-16(9-13)20-3/h4-9,11,19H,10H2,1-3H3. The van der Waals surface area contributed by atoms with Gasteiger partial charge in [0.1, 0.15) is 5.82 Å². The van der Waals surface area contributed by atoms with Crippen molar-refractivity contribution in [2.75, 3.05) is 7.11 Å². The van der Waals surface area contributed by atoms with Crippen molar-refractivity contribution in [1.29, 1.82) is 0 Å². The van der Waals surface area contributed by atoms with Crippen LogP contribution in [0.2, 0.25) is 0 Å². The third-order valence-electron chi connectivity index (χ3n) is 3.00. The number of halogens is 1. The number of ether oxygens (including phenoxy) is 1. The molecule has 0 spiro atoms. The first kappa shape index (κ1) is 14.5. The maximum absolute atomic E-state index is 14.0. The van der Waals surface area contributed by atoms with E-state index in [1.54, 1.807) is 31.5 Å². The monoisotopic (exact) mass is 274 g/mol. The summed E-state index contributed by atoms with van der Waals surface area (Å²) in [6, 6.07) is 9.06. The van der Waals surface area contributed by atoms with Crippen LogP contribution < -0.4 is 10.1 Å². The maximum atomic E-state index is 14.0. The maximum Gasteiger partial charge on any atom is 0.213 e. The molecule has 0 aliphatic carbocycles. The molecular weight excluding hydrogens is 255 g/mol. The average Bonchev–Trinajstić information content (AvgIpc) is 2.46. The topological polar surface area (TPSA) is 34.1 Å². The van der Waals surface area contributed by atoms with Gasteiger partial charge in [-0.15, -0.1) is 0 Å². The van der Waals surface area contributed by atoms with Gasteiger partial charge in [0.05, 0.1) is 7.11 Å². The highest BCUT2D eigenvalue weighted by Crippen LogP contribution is 2.26. The summed E-state index contributed by atoms with van der Waals surface area (Å²) in [7, 11) is 1.55. The number of nitrogens with zero attached hydrogens (tertiary/aromatic N) is 1. The van der Waals surface area contributed by atoms with Gasteiger partial charge < -0.3 is 10.1 Å². The van der Waals surface area contributed by atoms with Gasteiger partial charge in [0, 0.05) is 30.4 Å². The van der Waals surface area contributed by atoms with Crippen molar-refractivity contribution in [3.05, 3.63) is 47.9 Å². The number of hydrogen-bond donors (Lipinski definition) is 1. The number of nitrogens with one attached hydrogen (secondary N) is 1. The number of benzene rings is 1. The molecule has 1 aromatic carbocycles. The van der Waals surface area contributed by atoms with Crippen LogP contribution in [-0.2, 0) is 6.54 Å². The molecule has 106 valence electrons. The Labute approximate surface area is 118 Å². The molecule has 0 amide bonds. The fourth-order valence-electron chi connectivity index (χ4n) is 1.91. The Morgan fingerprint density at radius 2 is 2.05 bits per heavy atom. The fourth-order valence-corrected chi connectivity index (χ4v) is 1.91. The molecule has 0 saturated carbocycles. The highest BCUT2D eigenvalue weighted by molar-refractivity contribution is 5.65. The first-order chi connectivity index (χ1) is 9.60. The number of methoxy groups -OCH3 is 1. The molecule has 0 atom stereocenters. The van der Waals surface area contributed by atoms with E-state index >= 15 is 0 Å². The zero-order valence-electron chi connectivity index (χ0n) is 12.0. The predicted octanol–water partition coefficient (Wildman–Crippen LogP) is 3.39. The average molecular weight is 274 g/mol. The highest BCUT2D eigenvalue weighted by Gasteiger charge is 2.08. The Morgan fingerprint density at radius 3 is 2.75 bits per heavy atom. The zero-order chi connectivity index (χ0) is 14.5. The molecule has 1 N–H and O–H groups in total. The van der Waals surface area contributed by atoms with E-state index < -0.39 is 0 Å². The van der Waals surface area contributed by atoms with E-state index in [-0.39, 0.29) is 5.82 Å². The Hall–Kier alpha value is -1.94. The van der Waals surface area contributed by atoms with Gasteiger partial charge in [-0.3, -0.25) is 0 Å². The lowest BCUT2D eigenvalue weighted by Crippen LogP contribution is -2.21. The highest BCUT2D eigenvalue weighted by atomic mass is 19.1. The Balaban J connectivity index is 2.32. The summed E-state index contributed by atoms with van der Waals surface area (Å²) in [5, 5.41) is 3.32. The predicted molar refractivity (Wildman–Crippen MR) is 78.2 cm³/mol. The third-order valence-corrected chi connectivity index (χ3v) is 3.00. The largest absolute Gasteiger partial charge is 0.481 e. The van der Waals surface area contributed by atoms with E-state index in [1.165, 1.54) is 6.07 Å². The van der Waals surface area contributed by atoms with Crippen LogP contribution in [0.25, 0.3) is 11.1 Å². The minimum absolute atomic E-state index is 0.244. The molecule has 0 unspecified atom stereocenters. The quantitative estimate of drug-likeness (QED) is 0.907. The van der Waals surface area contributed by atoms with Crippen LogP contribution in [0.1, 0.15) is 19.4 Å². The molecule has 0 radical (unpaired) electrons. The van der Waals surface area contributed by atoms with Gasteiger partial charge in [-0.2, -0.15) is 0 Å². The first-order valence-corrected chi connectivity index (χ1v) is 6.62. The van der Waals surface area contributed by atoms with Crippen molar-refractivity contribution in [2.24, 2.45) is 0 Å². The number of rotatable bonds is 5. The molecule has 20 heavy (non-hydrogen) atoms. The minimum Gasteiger partial charge on any atom is -0.481 e. The van der Waals surface area contributed by atoms with Gasteiger partial charge in [-0.1, -0.05) is 19.9 Å². The van der Waals surface area contributed by atoms with Crippen molar-refractivity contribution in [1.82, 2.24) is 10.3 Å². The molecule has 3 nitrogen and oxygen atoms in total. The van der Waals surface area contributed by atoms with E-state index in [0.717, 1.165) is 11.1 Å². The van der Waals surface area contributed by atoms with Crippen LogP contribution in [0.15, 0.2) is 36.5 Å². The summed E-state index contributed by atoms with van der Waals surface area (Å²) in [6.45, 7) is 4.88. The number of pyridine rings is 1. The van der Waals surface area contributed by atoms with Crippen molar-refractivity contribution in [2.45, 2.75) is 26.4 Å². The zero-order valence-corrected chi connectivity index (χ0v) is 12.0. The van der Waals surface area contributed by atoms with Gasteiger partial charge in [0.15, 0.2) is 0 Å². The molecule has 1 aromatic heterocycles. The van der Waals surface area contributed by atoms with Crippen LogP contribution >= 0.6 is 0 Å². The molecule has 0 bridgehead atoms. The SMILES string of the molecule is COc1cc(-c2cc(CNC(C)C)ccc2F)ccn1.